The third kappa shape index (κ3) is 6.68. The van der Waals surface area contributed by atoms with Crippen LogP contribution in [0.2, 0.25) is 0 Å². The maximum absolute atomic E-state index is 14.0. The predicted octanol–water partition coefficient (Wildman–Crippen LogP) is 2.92. The number of carbonyl (C=O) groups is 3. The van der Waals surface area contributed by atoms with Crippen molar-refractivity contribution in [3.05, 3.63) is 59.4 Å². The number of likely N-dealkylation sites (N-methyl/N-ethyl adjacent to an activating group) is 1. The molecule has 3 amide bonds. The summed E-state index contributed by atoms with van der Waals surface area (Å²) in [7, 11) is 5.72. The van der Waals surface area contributed by atoms with E-state index in [4.69, 9.17) is 9.47 Å². The van der Waals surface area contributed by atoms with Crippen molar-refractivity contribution in [2.45, 2.75) is 43.9 Å². The lowest BCUT2D eigenvalue weighted by Crippen LogP contribution is -2.54. The van der Waals surface area contributed by atoms with E-state index in [0.29, 0.717) is 36.4 Å². The van der Waals surface area contributed by atoms with Gasteiger partial charge in [-0.15, -0.1) is 0 Å². The molecule has 1 fully saturated rings. The fourth-order valence-electron chi connectivity index (χ4n) is 4.85. The molecule has 0 aliphatic carbocycles. The van der Waals surface area contributed by atoms with Gasteiger partial charge in [-0.2, -0.15) is 0 Å². The molecular weight excluding hydrogens is 491 g/mol. The van der Waals surface area contributed by atoms with Crippen molar-refractivity contribution in [1.82, 2.24) is 15.1 Å². The molecule has 0 saturated carbocycles. The molecule has 2 N–H and O–H groups in total. The van der Waals surface area contributed by atoms with E-state index >= 15 is 0 Å². The van der Waals surface area contributed by atoms with Gasteiger partial charge in [0.1, 0.15) is 24.3 Å². The number of ether oxygens (including phenoxy) is 2. The lowest BCUT2D eigenvalue weighted by atomic mass is 9.94. The highest BCUT2D eigenvalue weighted by atomic mass is 19.1. The Hall–Kier alpha value is -3.50. The summed E-state index contributed by atoms with van der Waals surface area (Å²) in [5.74, 6) is -1.17. The van der Waals surface area contributed by atoms with Crippen molar-refractivity contribution in [2.75, 3.05) is 46.2 Å². The zero-order valence-corrected chi connectivity index (χ0v) is 22.0. The number of benzene rings is 2. The van der Waals surface area contributed by atoms with Crippen LogP contribution >= 0.6 is 0 Å². The van der Waals surface area contributed by atoms with Crippen LogP contribution in [-0.2, 0) is 9.53 Å². The number of nitrogens with one attached hydrogen (secondary N) is 2. The Morgan fingerprint density at radius 2 is 1.95 bits per heavy atom. The van der Waals surface area contributed by atoms with Crippen molar-refractivity contribution < 1.29 is 28.2 Å². The number of fused-ring (bicyclic) bond motifs is 2. The first-order valence-electron chi connectivity index (χ1n) is 12.9. The summed E-state index contributed by atoms with van der Waals surface area (Å²) in [5, 5.41) is 5.60. The number of nitrogens with zero attached hydrogens (tertiary/aromatic N) is 2. The first kappa shape index (κ1) is 27.5. The molecule has 2 aliphatic heterocycles. The molecule has 9 nitrogen and oxygen atoms in total. The highest BCUT2D eigenvalue weighted by Gasteiger charge is 2.39. The van der Waals surface area contributed by atoms with Crippen LogP contribution in [0.15, 0.2) is 42.5 Å². The molecule has 3 atom stereocenters. The smallest absolute Gasteiger partial charge is 0.258 e. The van der Waals surface area contributed by atoms with Crippen molar-refractivity contribution in [3.63, 3.8) is 0 Å². The molecule has 38 heavy (non-hydrogen) atoms. The molecule has 10 heteroatoms. The fraction of sp³-hybridized carbons (Fsp3) is 0.464. The number of hydrogen-bond acceptors (Lipinski definition) is 6. The van der Waals surface area contributed by atoms with Crippen LogP contribution in [0.5, 0.6) is 5.75 Å². The quantitative estimate of drug-likeness (QED) is 0.513. The lowest BCUT2D eigenvalue weighted by molar-refractivity contribution is -0.134. The van der Waals surface area contributed by atoms with Crippen molar-refractivity contribution in [1.29, 1.82) is 0 Å². The predicted molar refractivity (Wildman–Crippen MR) is 141 cm³/mol. The first-order valence-corrected chi connectivity index (χ1v) is 12.9. The molecule has 2 aromatic carbocycles. The Bertz CT molecular complexity index is 1170. The zero-order chi connectivity index (χ0) is 27.2. The second-order valence-electron chi connectivity index (χ2n) is 10.0. The summed E-state index contributed by atoms with van der Waals surface area (Å²) in [6, 6.07) is 10.2. The molecule has 0 radical (unpaired) electrons. The zero-order valence-electron chi connectivity index (χ0n) is 22.0. The minimum Gasteiger partial charge on any atom is -0.490 e. The van der Waals surface area contributed by atoms with Gasteiger partial charge in [0, 0.05) is 19.3 Å². The van der Waals surface area contributed by atoms with Gasteiger partial charge in [0.2, 0.25) is 5.91 Å². The number of carbonyl (C=O) groups excluding carboxylic acids is 3. The molecular formula is C28H35FN4O5. The summed E-state index contributed by atoms with van der Waals surface area (Å²) in [6.45, 7) is 1.75. The largest absolute Gasteiger partial charge is 0.490 e. The van der Waals surface area contributed by atoms with Crippen LogP contribution < -0.4 is 15.4 Å². The van der Waals surface area contributed by atoms with E-state index in [1.807, 2.05) is 14.1 Å². The molecule has 0 aromatic heterocycles. The second-order valence-corrected chi connectivity index (χ2v) is 10.0. The fourth-order valence-corrected chi connectivity index (χ4v) is 4.85. The molecule has 0 spiro atoms. The van der Waals surface area contributed by atoms with Gasteiger partial charge in [-0.1, -0.05) is 12.1 Å². The van der Waals surface area contributed by atoms with E-state index in [9.17, 15) is 18.8 Å². The number of halogens is 1. The van der Waals surface area contributed by atoms with E-state index < -0.39 is 11.7 Å². The Morgan fingerprint density at radius 1 is 1.16 bits per heavy atom. The second kappa shape index (κ2) is 12.4. The number of amides is 3. The van der Waals surface area contributed by atoms with Crippen LogP contribution in [0.25, 0.3) is 0 Å². The summed E-state index contributed by atoms with van der Waals surface area (Å²) < 4.78 is 26.2. The van der Waals surface area contributed by atoms with E-state index in [2.05, 4.69) is 15.5 Å². The van der Waals surface area contributed by atoms with Gasteiger partial charge in [-0.3, -0.25) is 14.4 Å². The number of rotatable bonds is 8. The summed E-state index contributed by atoms with van der Waals surface area (Å²) in [6.07, 6.45) is 1.85. The van der Waals surface area contributed by atoms with Gasteiger partial charge in [-0.25, -0.2) is 4.39 Å². The molecule has 4 rings (SSSR count). The summed E-state index contributed by atoms with van der Waals surface area (Å²) in [4.78, 5) is 42.1. The Kier molecular flexibility index (Phi) is 8.96. The topological polar surface area (TPSA) is 100 Å². The van der Waals surface area contributed by atoms with Crippen LogP contribution in [0, 0.1) is 5.82 Å². The van der Waals surface area contributed by atoms with Crippen molar-refractivity contribution in [2.24, 2.45) is 0 Å². The van der Waals surface area contributed by atoms with Gasteiger partial charge < -0.3 is 29.9 Å². The van der Waals surface area contributed by atoms with Crippen LogP contribution in [-0.4, -0.2) is 86.6 Å². The molecule has 0 unspecified atom stereocenters. The Labute approximate surface area is 222 Å². The molecule has 2 aliphatic rings. The third-order valence-electron chi connectivity index (χ3n) is 6.91. The van der Waals surface area contributed by atoms with Gasteiger partial charge in [0.25, 0.3) is 11.8 Å². The number of hydrogen-bond donors (Lipinski definition) is 2. The molecule has 2 aromatic rings. The minimum atomic E-state index is -0.626. The van der Waals surface area contributed by atoms with E-state index in [-0.39, 0.29) is 48.7 Å². The summed E-state index contributed by atoms with van der Waals surface area (Å²) in [5.41, 5.74) is 0.575. The van der Waals surface area contributed by atoms with Crippen LogP contribution in [0.1, 0.15) is 46.4 Å². The number of anilines is 1. The molecule has 1 saturated heterocycles. The molecule has 204 valence electrons. The third-order valence-corrected chi connectivity index (χ3v) is 6.91. The van der Waals surface area contributed by atoms with E-state index in [1.54, 1.807) is 36.2 Å². The molecule has 2 heterocycles. The van der Waals surface area contributed by atoms with Crippen LogP contribution in [0.4, 0.5) is 10.1 Å². The van der Waals surface area contributed by atoms with Crippen molar-refractivity contribution in [3.8, 4) is 5.75 Å². The average Bonchev–Trinajstić information content (AvgIpc) is 2.89. The van der Waals surface area contributed by atoms with Crippen molar-refractivity contribution >= 4 is 23.4 Å². The SMILES string of the molecule is CN(C)CCCNC(=O)C[C@@H]1CC[C@@H]2[C@H](COc3ccc(NC(=O)c4ccccc4F)cc3C(=O)N2C)O1. The molecule has 0 bridgehead atoms. The highest BCUT2D eigenvalue weighted by Crippen LogP contribution is 2.32. The highest BCUT2D eigenvalue weighted by molar-refractivity contribution is 6.05. The van der Waals surface area contributed by atoms with Gasteiger partial charge >= 0.3 is 0 Å². The standard InChI is InChI=1S/C28H35FN4O5/c1-32(2)14-6-13-30-26(34)16-19-10-11-23-25(38-19)17-37-24-12-9-18(15-21(24)28(36)33(23)3)31-27(35)20-7-4-5-8-22(20)29/h4-5,7-9,12,15,19,23,25H,6,10-11,13-14,16-17H2,1-3H3,(H,30,34)(H,31,35)/t19-,23+,25-/m0/s1. The average molecular weight is 527 g/mol. The van der Waals surface area contributed by atoms with E-state index in [1.165, 1.54) is 18.2 Å². The minimum absolute atomic E-state index is 0.0429. The Morgan fingerprint density at radius 3 is 2.71 bits per heavy atom. The van der Waals surface area contributed by atoms with Gasteiger partial charge in [-0.05, 0) is 70.2 Å². The first-order chi connectivity index (χ1) is 18.2. The lowest BCUT2D eigenvalue weighted by Gasteiger charge is -2.42. The summed E-state index contributed by atoms with van der Waals surface area (Å²) >= 11 is 0. The van der Waals surface area contributed by atoms with Gasteiger partial charge in [0.15, 0.2) is 0 Å². The van der Waals surface area contributed by atoms with E-state index in [0.717, 1.165) is 13.0 Å². The van der Waals surface area contributed by atoms with Gasteiger partial charge in [0.05, 0.1) is 29.7 Å². The maximum atomic E-state index is 14.0. The van der Waals surface area contributed by atoms with Crippen LogP contribution in [0.3, 0.4) is 0 Å². The monoisotopic (exact) mass is 526 g/mol. The maximum Gasteiger partial charge on any atom is 0.258 e. The Balaban J connectivity index is 1.39. The normalized spacial score (nSPS) is 21.0.